The molecule has 0 aromatic carbocycles. The SMILES string of the molecule is O=C=C1C=CC=CC1OC(=O)COC(=O)/C=C/C(=O)O. The summed E-state index contributed by atoms with van der Waals surface area (Å²) in [5.74, 6) is -1.56. The Morgan fingerprint density at radius 1 is 1.30 bits per heavy atom. The van der Waals surface area contributed by atoms with E-state index in [0.717, 1.165) is 0 Å². The molecule has 20 heavy (non-hydrogen) atoms. The summed E-state index contributed by atoms with van der Waals surface area (Å²) in [6.45, 7) is -0.691. The number of rotatable bonds is 5. The van der Waals surface area contributed by atoms with Crippen LogP contribution in [0.4, 0.5) is 0 Å². The number of carbonyl (C=O) groups is 3. The lowest BCUT2D eigenvalue weighted by Crippen LogP contribution is -2.23. The summed E-state index contributed by atoms with van der Waals surface area (Å²) >= 11 is 0. The molecule has 0 fully saturated rings. The van der Waals surface area contributed by atoms with Crippen LogP contribution in [-0.2, 0) is 28.7 Å². The molecule has 1 aliphatic carbocycles. The third-order valence-corrected chi connectivity index (χ3v) is 2.05. The van der Waals surface area contributed by atoms with Crippen molar-refractivity contribution in [2.45, 2.75) is 6.10 Å². The van der Waals surface area contributed by atoms with Gasteiger partial charge in [-0.15, -0.1) is 0 Å². The number of carboxylic acid groups (broad SMARTS) is 1. The van der Waals surface area contributed by atoms with Gasteiger partial charge in [-0.05, 0) is 12.2 Å². The first kappa shape index (κ1) is 15.1. The van der Waals surface area contributed by atoms with Crippen LogP contribution in [0.15, 0.2) is 42.0 Å². The Morgan fingerprint density at radius 3 is 2.70 bits per heavy atom. The zero-order valence-corrected chi connectivity index (χ0v) is 10.1. The van der Waals surface area contributed by atoms with Gasteiger partial charge in [0.05, 0.1) is 5.57 Å². The summed E-state index contributed by atoms with van der Waals surface area (Å²) in [4.78, 5) is 43.1. The fourth-order valence-electron chi connectivity index (χ4n) is 1.21. The van der Waals surface area contributed by atoms with Crippen molar-refractivity contribution in [2.24, 2.45) is 0 Å². The third-order valence-electron chi connectivity index (χ3n) is 2.05. The largest absolute Gasteiger partial charge is 0.478 e. The highest BCUT2D eigenvalue weighted by Gasteiger charge is 2.18. The molecule has 7 heteroatoms. The minimum atomic E-state index is -1.32. The van der Waals surface area contributed by atoms with Gasteiger partial charge in [-0.25, -0.2) is 19.2 Å². The second-order valence-corrected chi connectivity index (χ2v) is 3.49. The lowest BCUT2D eigenvalue weighted by Gasteiger charge is -2.14. The van der Waals surface area contributed by atoms with Crippen molar-refractivity contribution in [1.29, 1.82) is 0 Å². The zero-order chi connectivity index (χ0) is 15.0. The number of hydrogen-bond donors (Lipinski definition) is 1. The van der Waals surface area contributed by atoms with Crippen molar-refractivity contribution < 1.29 is 33.8 Å². The normalized spacial score (nSPS) is 16.8. The van der Waals surface area contributed by atoms with Gasteiger partial charge >= 0.3 is 17.9 Å². The molecule has 0 aromatic rings. The first-order valence-corrected chi connectivity index (χ1v) is 5.40. The summed E-state index contributed by atoms with van der Waals surface area (Å²) in [5, 5.41) is 8.27. The third kappa shape index (κ3) is 5.16. The van der Waals surface area contributed by atoms with Crippen LogP contribution in [0.1, 0.15) is 0 Å². The molecule has 0 saturated heterocycles. The molecule has 0 saturated carbocycles. The number of allylic oxidation sites excluding steroid dienone is 2. The van der Waals surface area contributed by atoms with Crippen molar-refractivity contribution in [3.8, 4) is 0 Å². The maximum atomic E-state index is 11.4. The molecule has 0 bridgehead atoms. The predicted molar refractivity (Wildman–Crippen MR) is 65.1 cm³/mol. The minimum Gasteiger partial charge on any atom is -0.478 e. The number of aliphatic carboxylic acids is 1. The fraction of sp³-hybridized carbons (Fsp3) is 0.154. The average molecular weight is 278 g/mol. The zero-order valence-electron chi connectivity index (χ0n) is 10.1. The van der Waals surface area contributed by atoms with Crippen LogP contribution in [0.5, 0.6) is 0 Å². The van der Waals surface area contributed by atoms with Gasteiger partial charge in [0.2, 0.25) is 0 Å². The molecule has 0 radical (unpaired) electrons. The van der Waals surface area contributed by atoms with E-state index < -0.39 is 30.6 Å². The van der Waals surface area contributed by atoms with Crippen LogP contribution in [-0.4, -0.2) is 41.7 Å². The molecule has 104 valence electrons. The monoisotopic (exact) mass is 278 g/mol. The van der Waals surface area contributed by atoms with E-state index in [0.29, 0.717) is 12.2 Å². The van der Waals surface area contributed by atoms with Crippen molar-refractivity contribution in [1.82, 2.24) is 0 Å². The quantitative estimate of drug-likeness (QED) is 0.427. The van der Waals surface area contributed by atoms with Gasteiger partial charge in [-0.2, -0.15) is 0 Å². The summed E-state index contributed by atoms with van der Waals surface area (Å²) in [6.07, 6.45) is 6.43. The second-order valence-electron chi connectivity index (χ2n) is 3.49. The fourth-order valence-corrected chi connectivity index (χ4v) is 1.21. The van der Waals surface area contributed by atoms with E-state index in [4.69, 9.17) is 9.84 Å². The van der Waals surface area contributed by atoms with Crippen LogP contribution in [0.3, 0.4) is 0 Å². The summed E-state index contributed by atoms with van der Waals surface area (Å²) < 4.78 is 9.33. The number of hydrogen-bond acceptors (Lipinski definition) is 6. The van der Waals surface area contributed by atoms with Crippen LogP contribution >= 0.6 is 0 Å². The van der Waals surface area contributed by atoms with Crippen molar-refractivity contribution >= 4 is 23.8 Å². The van der Waals surface area contributed by atoms with Crippen molar-refractivity contribution in [2.75, 3.05) is 6.61 Å². The molecular formula is C13H10O7. The number of ether oxygens (including phenoxy) is 2. The summed E-state index contributed by atoms with van der Waals surface area (Å²) in [7, 11) is 0. The molecule has 0 aliphatic heterocycles. The lowest BCUT2D eigenvalue weighted by molar-refractivity contribution is -0.157. The smallest absolute Gasteiger partial charge is 0.345 e. The van der Waals surface area contributed by atoms with E-state index in [1.165, 1.54) is 12.2 Å². The van der Waals surface area contributed by atoms with Crippen LogP contribution in [0.2, 0.25) is 0 Å². The molecule has 1 aliphatic rings. The molecule has 0 aromatic heterocycles. The van der Waals surface area contributed by atoms with Gasteiger partial charge < -0.3 is 14.6 Å². The predicted octanol–water partition coefficient (Wildman–Crippen LogP) is -0.0338. The highest BCUT2D eigenvalue weighted by Crippen LogP contribution is 2.12. The van der Waals surface area contributed by atoms with E-state index in [1.807, 2.05) is 0 Å². The Morgan fingerprint density at radius 2 is 2.05 bits per heavy atom. The van der Waals surface area contributed by atoms with E-state index in [2.05, 4.69) is 4.74 Å². The molecule has 1 atom stereocenters. The van der Waals surface area contributed by atoms with Gasteiger partial charge in [-0.3, -0.25) is 0 Å². The molecular weight excluding hydrogens is 268 g/mol. The number of carboxylic acids is 1. The summed E-state index contributed by atoms with van der Waals surface area (Å²) in [6, 6.07) is 0. The van der Waals surface area contributed by atoms with Crippen LogP contribution in [0.25, 0.3) is 0 Å². The molecule has 0 spiro atoms. The lowest BCUT2D eigenvalue weighted by atomic mass is 10.1. The maximum Gasteiger partial charge on any atom is 0.345 e. The van der Waals surface area contributed by atoms with E-state index in [9.17, 15) is 19.2 Å². The number of esters is 2. The highest BCUT2D eigenvalue weighted by atomic mass is 16.6. The Balaban J connectivity index is 2.43. The first-order chi connectivity index (χ1) is 9.52. The van der Waals surface area contributed by atoms with Crippen molar-refractivity contribution in [3.63, 3.8) is 0 Å². The average Bonchev–Trinajstić information content (AvgIpc) is 2.43. The van der Waals surface area contributed by atoms with E-state index in [1.54, 1.807) is 18.1 Å². The van der Waals surface area contributed by atoms with Gasteiger partial charge in [0.15, 0.2) is 12.7 Å². The molecule has 0 amide bonds. The van der Waals surface area contributed by atoms with Crippen LogP contribution in [0, 0.1) is 0 Å². The van der Waals surface area contributed by atoms with Gasteiger partial charge in [0.1, 0.15) is 5.94 Å². The van der Waals surface area contributed by atoms with Gasteiger partial charge in [0.25, 0.3) is 0 Å². The Hall–Kier alpha value is -2.92. The standard InChI is InChI=1S/C13H10O7/c14-7-9-3-1-2-4-10(9)20-13(18)8-19-12(17)6-5-11(15)16/h1-6,10H,8H2,(H,15,16)/b6-5+. The Kier molecular flexibility index (Phi) is 5.68. The highest BCUT2D eigenvalue weighted by molar-refractivity contribution is 5.91. The summed E-state index contributed by atoms with van der Waals surface area (Å²) in [5.41, 5.74) is 0.137. The van der Waals surface area contributed by atoms with Gasteiger partial charge in [-0.1, -0.05) is 12.2 Å². The topological polar surface area (TPSA) is 107 Å². The second kappa shape index (κ2) is 7.50. The van der Waals surface area contributed by atoms with Crippen molar-refractivity contribution in [3.05, 3.63) is 42.0 Å². The minimum absolute atomic E-state index is 0.137. The molecule has 1 unspecified atom stereocenters. The molecule has 1 N–H and O–H groups in total. The van der Waals surface area contributed by atoms with E-state index in [-0.39, 0.29) is 5.57 Å². The van der Waals surface area contributed by atoms with E-state index >= 15 is 0 Å². The number of carbonyl (C=O) groups excluding carboxylic acids is 3. The Labute approximate surface area is 113 Å². The first-order valence-electron chi connectivity index (χ1n) is 5.40. The van der Waals surface area contributed by atoms with Gasteiger partial charge in [0, 0.05) is 12.2 Å². The molecule has 0 heterocycles. The van der Waals surface area contributed by atoms with Crippen LogP contribution < -0.4 is 0 Å². The maximum absolute atomic E-state index is 11.4. The molecule has 1 rings (SSSR count). The Bertz CT molecular complexity index is 547. The molecule has 7 nitrogen and oxygen atoms in total.